The van der Waals surface area contributed by atoms with Crippen LogP contribution in [0.5, 0.6) is 5.75 Å². The number of benzene rings is 2. The van der Waals surface area contributed by atoms with E-state index in [1.54, 1.807) is 0 Å². The van der Waals surface area contributed by atoms with Crippen molar-refractivity contribution >= 4 is 32.2 Å². The highest BCUT2D eigenvalue weighted by Gasteiger charge is 2.52. The van der Waals surface area contributed by atoms with Crippen LogP contribution >= 0.6 is 0 Å². The number of carbonyl (C=O) groups excluding carboxylic acids is 4. The largest absolute Gasteiger partial charge is 0.544 e. The molecule has 2 aromatic rings. The first-order valence-electron chi connectivity index (χ1n) is 15.1. The third-order valence-corrected chi connectivity index (χ3v) is 12.5. The Morgan fingerprint density at radius 3 is 1.87 bits per heavy atom. The Hall–Kier alpha value is -3.70. The number of carbonyl (C=O) groups is 4. The van der Waals surface area contributed by atoms with Crippen molar-refractivity contribution < 1.29 is 47.3 Å². The number of ether oxygens (including phenoxy) is 5. The second-order valence-electron chi connectivity index (χ2n) is 13.0. The lowest BCUT2D eigenvalue weighted by atomic mass is 9.88. The van der Waals surface area contributed by atoms with Crippen LogP contribution in [0.25, 0.3) is 0 Å². The van der Waals surface area contributed by atoms with Crippen LogP contribution in [-0.4, -0.2) is 63.2 Å². The molecule has 0 bridgehead atoms. The van der Waals surface area contributed by atoms with E-state index in [0.29, 0.717) is 12.0 Å². The van der Waals surface area contributed by atoms with E-state index in [-0.39, 0.29) is 11.6 Å². The van der Waals surface area contributed by atoms with Gasteiger partial charge in [0, 0.05) is 27.7 Å². The van der Waals surface area contributed by atoms with Crippen molar-refractivity contribution in [2.45, 2.75) is 110 Å². The van der Waals surface area contributed by atoms with Crippen LogP contribution in [0.15, 0.2) is 42.5 Å². The predicted molar refractivity (Wildman–Crippen MR) is 169 cm³/mol. The average molecular weight is 643 g/mol. The summed E-state index contributed by atoms with van der Waals surface area (Å²) in [4.78, 5) is 48.2. The summed E-state index contributed by atoms with van der Waals surface area (Å²) in [7, 11) is -1.98. The average Bonchev–Trinajstić information content (AvgIpc) is 2.90. The lowest BCUT2D eigenvalue weighted by Gasteiger charge is -2.44. The number of esters is 4. The second kappa shape index (κ2) is 14.6. The molecule has 1 fully saturated rings. The molecule has 3 rings (SSSR count). The SMILES string of the molecule is CC(=O)OCC1OC(c2ccc(C)c(Cc3ccc(O[Si](C)(C)C(C)(C)C)cc3)c2)[C@H](OC(C)=O)[C@@H](OC(C)=O)[C@@H]1OC(C)=O. The second-order valence-corrected chi connectivity index (χ2v) is 17.7. The first-order chi connectivity index (χ1) is 20.9. The molecule has 0 aromatic heterocycles. The first-order valence-corrected chi connectivity index (χ1v) is 18.0. The smallest absolute Gasteiger partial charge is 0.303 e. The predicted octanol–water partition coefficient (Wildman–Crippen LogP) is 5.77. The maximum atomic E-state index is 12.3. The fourth-order valence-electron chi connectivity index (χ4n) is 4.90. The minimum Gasteiger partial charge on any atom is -0.544 e. The topological polar surface area (TPSA) is 124 Å². The van der Waals surface area contributed by atoms with Crippen molar-refractivity contribution in [2.75, 3.05) is 6.61 Å². The molecular formula is C34H46O10Si. The van der Waals surface area contributed by atoms with Gasteiger partial charge < -0.3 is 28.1 Å². The van der Waals surface area contributed by atoms with E-state index in [9.17, 15) is 19.2 Å². The molecule has 1 aliphatic heterocycles. The molecular weight excluding hydrogens is 596 g/mol. The Morgan fingerprint density at radius 2 is 1.33 bits per heavy atom. The van der Waals surface area contributed by atoms with E-state index in [2.05, 4.69) is 33.9 Å². The van der Waals surface area contributed by atoms with E-state index in [1.807, 2.05) is 49.4 Å². The summed E-state index contributed by atoms with van der Waals surface area (Å²) in [6.45, 7) is 17.6. The van der Waals surface area contributed by atoms with Crippen molar-refractivity contribution in [3.8, 4) is 5.75 Å². The monoisotopic (exact) mass is 642 g/mol. The molecule has 10 nitrogen and oxygen atoms in total. The lowest BCUT2D eigenvalue weighted by molar-refractivity contribution is -0.254. The zero-order valence-electron chi connectivity index (χ0n) is 27.9. The molecule has 2 aromatic carbocycles. The van der Waals surface area contributed by atoms with E-state index < -0.39 is 62.7 Å². The fraction of sp³-hybridized carbons (Fsp3) is 0.529. The van der Waals surface area contributed by atoms with Crippen LogP contribution in [0, 0.1) is 6.92 Å². The van der Waals surface area contributed by atoms with Crippen LogP contribution in [0.3, 0.4) is 0 Å². The molecule has 45 heavy (non-hydrogen) atoms. The van der Waals surface area contributed by atoms with Crippen molar-refractivity contribution in [2.24, 2.45) is 0 Å². The fourth-order valence-corrected chi connectivity index (χ4v) is 5.93. The Kier molecular flexibility index (Phi) is 11.6. The normalized spacial score (nSPS) is 21.8. The summed E-state index contributed by atoms with van der Waals surface area (Å²) in [6.07, 6.45) is -4.95. The molecule has 0 spiro atoms. The Bertz CT molecular complexity index is 1380. The molecule has 0 saturated carbocycles. The minimum absolute atomic E-state index is 0.0816. The molecule has 0 radical (unpaired) electrons. The van der Waals surface area contributed by atoms with Crippen LogP contribution in [0.4, 0.5) is 0 Å². The third-order valence-electron chi connectivity index (χ3n) is 8.19. The summed E-state index contributed by atoms with van der Waals surface area (Å²) >= 11 is 0. The van der Waals surface area contributed by atoms with Gasteiger partial charge >= 0.3 is 23.9 Å². The summed E-state index contributed by atoms with van der Waals surface area (Å²) in [5.74, 6) is -1.72. The first kappa shape index (κ1) is 35.8. The van der Waals surface area contributed by atoms with E-state index >= 15 is 0 Å². The Morgan fingerprint density at radius 1 is 0.778 bits per heavy atom. The number of hydrogen-bond donors (Lipinski definition) is 0. The molecule has 0 N–H and O–H groups in total. The van der Waals surface area contributed by atoms with Crippen molar-refractivity contribution in [3.05, 3.63) is 64.7 Å². The number of hydrogen-bond acceptors (Lipinski definition) is 10. The molecule has 11 heteroatoms. The molecule has 2 unspecified atom stereocenters. The number of rotatable bonds is 10. The van der Waals surface area contributed by atoms with Gasteiger partial charge in [-0.1, -0.05) is 51.1 Å². The lowest BCUT2D eigenvalue weighted by Crippen LogP contribution is -2.59. The van der Waals surface area contributed by atoms with Crippen molar-refractivity contribution in [3.63, 3.8) is 0 Å². The van der Waals surface area contributed by atoms with Gasteiger partial charge in [0.15, 0.2) is 18.3 Å². The molecule has 1 heterocycles. The van der Waals surface area contributed by atoms with Gasteiger partial charge in [0.25, 0.3) is 0 Å². The Labute approximate surface area is 266 Å². The van der Waals surface area contributed by atoms with Crippen molar-refractivity contribution in [1.82, 2.24) is 0 Å². The highest BCUT2D eigenvalue weighted by atomic mass is 28.4. The molecule has 5 atom stereocenters. The quantitative estimate of drug-likeness (QED) is 0.179. The zero-order chi connectivity index (χ0) is 33.7. The maximum Gasteiger partial charge on any atom is 0.303 e. The van der Waals surface area contributed by atoms with Crippen LogP contribution in [0.2, 0.25) is 18.1 Å². The van der Waals surface area contributed by atoms with Gasteiger partial charge in [0.05, 0.1) is 0 Å². The Balaban J connectivity index is 1.98. The maximum absolute atomic E-state index is 12.3. The molecule has 0 aliphatic carbocycles. The highest BCUT2D eigenvalue weighted by Crippen LogP contribution is 2.39. The van der Waals surface area contributed by atoms with Gasteiger partial charge in [-0.15, -0.1) is 0 Å². The molecule has 246 valence electrons. The van der Waals surface area contributed by atoms with E-state index in [1.165, 1.54) is 27.7 Å². The summed E-state index contributed by atoms with van der Waals surface area (Å²) in [5.41, 5.74) is 3.75. The molecule has 1 aliphatic rings. The zero-order valence-corrected chi connectivity index (χ0v) is 28.9. The van der Waals surface area contributed by atoms with Gasteiger partial charge in [-0.05, 0) is 65.9 Å². The molecule has 1 saturated heterocycles. The van der Waals surface area contributed by atoms with Crippen molar-refractivity contribution in [1.29, 1.82) is 0 Å². The summed E-state index contributed by atoms with van der Waals surface area (Å²) in [6, 6.07) is 13.8. The summed E-state index contributed by atoms with van der Waals surface area (Å²) in [5, 5.41) is 0.0816. The van der Waals surface area contributed by atoms with E-state index in [0.717, 1.165) is 22.4 Å². The van der Waals surface area contributed by atoms with Crippen LogP contribution in [0.1, 0.15) is 76.8 Å². The third kappa shape index (κ3) is 9.64. The van der Waals surface area contributed by atoms with Gasteiger partial charge in [0.2, 0.25) is 8.32 Å². The minimum atomic E-state index is -1.98. The van der Waals surface area contributed by atoms with Gasteiger partial charge in [-0.25, -0.2) is 0 Å². The summed E-state index contributed by atoms with van der Waals surface area (Å²) < 4.78 is 34.8. The highest BCUT2D eigenvalue weighted by molar-refractivity contribution is 6.74. The van der Waals surface area contributed by atoms with Crippen LogP contribution in [-0.2, 0) is 49.3 Å². The van der Waals surface area contributed by atoms with Crippen LogP contribution < -0.4 is 4.43 Å². The van der Waals surface area contributed by atoms with E-state index in [4.69, 9.17) is 28.1 Å². The number of aryl methyl sites for hydroxylation is 1. The van der Waals surface area contributed by atoms with Gasteiger partial charge in [0.1, 0.15) is 24.6 Å². The van der Waals surface area contributed by atoms with Gasteiger partial charge in [-0.2, -0.15) is 0 Å². The molecule has 0 amide bonds. The standard InChI is InChI=1S/C34H46O10Si/c1-20-11-14-26(18-27(20)17-25-12-15-28(16-13-25)44-45(9,10)34(6,7)8)30-32(41-23(4)37)33(42-24(5)38)31(40-22(3)36)29(43-30)19-39-21(2)35/h11-16,18,29-33H,17,19H2,1-10H3/t29?,30?,31-,32+,33+/m1/s1. The van der Waals surface area contributed by atoms with Gasteiger partial charge in [-0.3, -0.25) is 19.2 Å².